The molecule has 0 bridgehead atoms. The molecule has 0 aliphatic heterocycles. The van der Waals surface area contributed by atoms with Crippen LogP contribution in [0.5, 0.6) is 0 Å². The van der Waals surface area contributed by atoms with Crippen LogP contribution in [-0.4, -0.2) is 23.5 Å². The predicted molar refractivity (Wildman–Crippen MR) is 74.0 cm³/mol. The third-order valence-corrected chi connectivity index (χ3v) is 2.96. The lowest BCUT2D eigenvalue weighted by atomic mass is 10.1. The van der Waals surface area contributed by atoms with E-state index in [0.29, 0.717) is 13.0 Å². The standard InChI is InChI=1S/C15H21NO3/c1-2-12-6-8-13(9-7-12)10-11-16-14(17)4-3-5-15(18)19/h6-9H,2-5,10-11H2,1H3,(H,16,17)(H,18,19). The number of benzene rings is 1. The lowest BCUT2D eigenvalue weighted by molar-refractivity contribution is -0.137. The van der Waals surface area contributed by atoms with Gasteiger partial charge in [0.1, 0.15) is 0 Å². The lowest BCUT2D eigenvalue weighted by Gasteiger charge is -2.05. The molecule has 1 rings (SSSR count). The molecule has 19 heavy (non-hydrogen) atoms. The first-order valence-electron chi connectivity index (χ1n) is 6.68. The number of carboxylic acids is 1. The molecule has 0 aliphatic carbocycles. The highest BCUT2D eigenvalue weighted by Crippen LogP contribution is 2.05. The second-order valence-electron chi connectivity index (χ2n) is 4.52. The van der Waals surface area contributed by atoms with Crippen LogP contribution >= 0.6 is 0 Å². The second-order valence-corrected chi connectivity index (χ2v) is 4.52. The van der Waals surface area contributed by atoms with Crippen molar-refractivity contribution in [2.24, 2.45) is 0 Å². The molecule has 0 atom stereocenters. The Morgan fingerprint density at radius 1 is 1.11 bits per heavy atom. The van der Waals surface area contributed by atoms with Crippen molar-refractivity contribution >= 4 is 11.9 Å². The summed E-state index contributed by atoms with van der Waals surface area (Å²) in [5.74, 6) is -0.935. The molecule has 0 radical (unpaired) electrons. The third-order valence-electron chi connectivity index (χ3n) is 2.96. The van der Waals surface area contributed by atoms with Crippen molar-refractivity contribution < 1.29 is 14.7 Å². The molecule has 4 nitrogen and oxygen atoms in total. The molecule has 4 heteroatoms. The minimum atomic E-state index is -0.858. The van der Waals surface area contributed by atoms with Gasteiger partial charge in [-0.05, 0) is 30.4 Å². The van der Waals surface area contributed by atoms with Gasteiger partial charge in [0.25, 0.3) is 0 Å². The summed E-state index contributed by atoms with van der Waals surface area (Å²) < 4.78 is 0. The van der Waals surface area contributed by atoms with Gasteiger partial charge in [-0.2, -0.15) is 0 Å². The summed E-state index contributed by atoms with van der Waals surface area (Å²) in [6, 6.07) is 8.36. The van der Waals surface area contributed by atoms with Gasteiger partial charge in [0, 0.05) is 19.4 Å². The maximum Gasteiger partial charge on any atom is 0.303 e. The van der Waals surface area contributed by atoms with E-state index in [-0.39, 0.29) is 18.7 Å². The van der Waals surface area contributed by atoms with Crippen LogP contribution in [0, 0.1) is 0 Å². The highest BCUT2D eigenvalue weighted by molar-refractivity contribution is 5.76. The zero-order valence-corrected chi connectivity index (χ0v) is 11.3. The van der Waals surface area contributed by atoms with E-state index in [1.807, 2.05) is 0 Å². The summed E-state index contributed by atoms with van der Waals surface area (Å²) in [7, 11) is 0. The highest BCUT2D eigenvalue weighted by atomic mass is 16.4. The maximum atomic E-state index is 11.4. The molecule has 1 amide bonds. The Balaban J connectivity index is 2.18. The summed E-state index contributed by atoms with van der Waals surface area (Å²) in [6.07, 6.45) is 2.55. The van der Waals surface area contributed by atoms with Gasteiger partial charge in [0.15, 0.2) is 0 Å². The molecule has 1 aromatic rings. The molecule has 0 fully saturated rings. The monoisotopic (exact) mass is 263 g/mol. The van der Waals surface area contributed by atoms with Crippen molar-refractivity contribution in [3.05, 3.63) is 35.4 Å². The van der Waals surface area contributed by atoms with Gasteiger partial charge < -0.3 is 10.4 Å². The Labute approximate surface area is 113 Å². The molecule has 1 aromatic carbocycles. The Morgan fingerprint density at radius 2 is 1.74 bits per heavy atom. The van der Waals surface area contributed by atoms with Gasteiger partial charge in [0.05, 0.1) is 0 Å². The first-order valence-corrected chi connectivity index (χ1v) is 6.68. The van der Waals surface area contributed by atoms with Crippen molar-refractivity contribution in [3.8, 4) is 0 Å². The number of carbonyl (C=O) groups is 2. The van der Waals surface area contributed by atoms with Crippen molar-refractivity contribution in [3.63, 3.8) is 0 Å². The third kappa shape index (κ3) is 6.60. The summed E-state index contributed by atoms with van der Waals surface area (Å²) in [6.45, 7) is 2.71. The number of carboxylic acid groups (broad SMARTS) is 1. The van der Waals surface area contributed by atoms with Crippen LogP contribution in [0.4, 0.5) is 0 Å². The molecule has 0 aliphatic rings. The predicted octanol–water partition coefficient (Wildman–Crippen LogP) is 2.16. The maximum absolute atomic E-state index is 11.4. The van der Waals surface area contributed by atoms with Crippen molar-refractivity contribution in [1.29, 1.82) is 0 Å². The summed E-state index contributed by atoms with van der Waals surface area (Å²) in [5.41, 5.74) is 2.50. The number of aliphatic carboxylic acids is 1. The van der Waals surface area contributed by atoms with Crippen molar-refractivity contribution in [2.75, 3.05) is 6.54 Å². The first-order chi connectivity index (χ1) is 9.11. The van der Waals surface area contributed by atoms with E-state index in [2.05, 4.69) is 36.5 Å². The topological polar surface area (TPSA) is 66.4 Å². The number of carbonyl (C=O) groups excluding carboxylic acids is 1. The van der Waals surface area contributed by atoms with Crippen LogP contribution in [0.2, 0.25) is 0 Å². The molecular weight excluding hydrogens is 242 g/mol. The molecule has 2 N–H and O–H groups in total. The Morgan fingerprint density at radius 3 is 2.32 bits per heavy atom. The van der Waals surface area contributed by atoms with E-state index in [0.717, 1.165) is 12.8 Å². The minimum Gasteiger partial charge on any atom is -0.481 e. The number of hydrogen-bond donors (Lipinski definition) is 2. The smallest absolute Gasteiger partial charge is 0.303 e. The number of hydrogen-bond acceptors (Lipinski definition) is 2. The molecular formula is C15H21NO3. The van der Waals surface area contributed by atoms with E-state index in [1.165, 1.54) is 11.1 Å². The van der Waals surface area contributed by atoms with Crippen LogP contribution in [0.15, 0.2) is 24.3 Å². The Kier molecular flexibility index (Phi) is 6.64. The van der Waals surface area contributed by atoms with Gasteiger partial charge >= 0.3 is 5.97 Å². The zero-order chi connectivity index (χ0) is 14.1. The van der Waals surface area contributed by atoms with E-state index in [1.54, 1.807) is 0 Å². The minimum absolute atomic E-state index is 0.0475. The zero-order valence-electron chi connectivity index (χ0n) is 11.3. The molecule has 0 saturated heterocycles. The number of aryl methyl sites for hydroxylation is 1. The fourth-order valence-corrected chi connectivity index (χ4v) is 1.78. The number of amides is 1. The largest absolute Gasteiger partial charge is 0.481 e. The molecule has 0 heterocycles. The van der Waals surface area contributed by atoms with E-state index in [9.17, 15) is 9.59 Å². The fourth-order valence-electron chi connectivity index (χ4n) is 1.78. The average molecular weight is 263 g/mol. The van der Waals surface area contributed by atoms with E-state index >= 15 is 0 Å². The van der Waals surface area contributed by atoms with Gasteiger partial charge in [-0.3, -0.25) is 9.59 Å². The van der Waals surface area contributed by atoms with Crippen LogP contribution in [0.3, 0.4) is 0 Å². The van der Waals surface area contributed by atoms with E-state index in [4.69, 9.17) is 5.11 Å². The van der Waals surface area contributed by atoms with Gasteiger partial charge in [0.2, 0.25) is 5.91 Å². The number of rotatable bonds is 8. The van der Waals surface area contributed by atoms with Crippen LogP contribution < -0.4 is 5.32 Å². The molecule has 0 spiro atoms. The Hall–Kier alpha value is -1.84. The quantitative estimate of drug-likeness (QED) is 0.755. The second kappa shape index (κ2) is 8.29. The molecule has 104 valence electrons. The summed E-state index contributed by atoms with van der Waals surface area (Å²) >= 11 is 0. The van der Waals surface area contributed by atoms with Crippen LogP contribution in [0.25, 0.3) is 0 Å². The van der Waals surface area contributed by atoms with Gasteiger partial charge in [-0.1, -0.05) is 31.2 Å². The first kappa shape index (κ1) is 15.2. The summed E-state index contributed by atoms with van der Waals surface area (Å²) in [4.78, 5) is 21.7. The van der Waals surface area contributed by atoms with Gasteiger partial charge in [-0.15, -0.1) is 0 Å². The van der Waals surface area contributed by atoms with Crippen LogP contribution in [-0.2, 0) is 22.4 Å². The van der Waals surface area contributed by atoms with Gasteiger partial charge in [-0.25, -0.2) is 0 Å². The molecule has 0 unspecified atom stereocenters. The lowest BCUT2D eigenvalue weighted by Crippen LogP contribution is -2.25. The summed E-state index contributed by atoms with van der Waals surface area (Å²) in [5, 5.41) is 11.3. The fraction of sp³-hybridized carbons (Fsp3) is 0.467. The Bertz CT molecular complexity index is 412. The van der Waals surface area contributed by atoms with Crippen molar-refractivity contribution in [2.45, 2.75) is 39.0 Å². The van der Waals surface area contributed by atoms with E-state index < -0.39 is 5.97 Å². The van der Waals surface area contributed by atoms with Crippen molar-refractivity contribution in [1.82, 2.24) is 5.32 Å². The highest BCUT2D eigenvalue weighted by Gasteiger charge is 2.03. The molecule has 0 aromatic heterocycles. The average Bonchev–Trinajstić information content (AvgIpc) is 2.39. The molecule has 0 saturated carbocycles. The normalized spacial score (nSPS) is 10.2. The number of nitrogens with one attached hydrogen (secondary N) is 1. The SMILES string of the molecule is CCc1ccc(CCNC(=O)CCCC(=O)O)cc1. The van der Waals surface area contributed by atoms with Crippen LogP contribution in [0.1, 0.15) is 37.3 Å².